The molecule has 0 radical (unpaired) electrons. The fourth-order valence-electron chi connectivity index (χ4n) is 4.57. The van der Waals surface area contributed by atoms with Gasteiger partial charge in [0.1, 0.15) is 5.75 Å². The van der Waals surface area contributed by atoms with E-state index in [9.17, 15) is 4.79 Å². The fraction of sp³-hybridized carbons (Fsp3) is 0.577. The average Bonchev–Trinajstić information content (AvgIpc) is 3.35. The molecule has 1 aromatic heterocycles. The third-order valence-electron chi connectivity index (χ3n) is 6.73. The SMILES string of the molecule is CCc1cnc(N2CCC(CCCOc3ccc(C(=O)NC4CCOC4)c(C)c3)CC2)nc1. The molecule has 7 nitrogen and oxygen atoms in total. The van der Waals surface area contributed by atoms with Crippen LogP contribution in [0.1, 0.15) is 60.5 Å². The van der Waals surface area contributed by atoms with E-state index in [2.05, 4.69) is 27.1 Å². The van der Waals surface area contributed by atoms with Gasteiger partial charge in [0.05, 0.1) is 19.3 Å². The molecule has 2 fully saturated rings. The average molecular weight is 453 g/mol. The number of aryl methyl sites for hydroxylation is 2. The molecule has 1 N–H and O–H groups in total. The largest absolute Gasteiger partial charge is 0.494 e. The molecule has 7 heteroatoms. The fourth-order valence-corrected chi connectivity index (χ4v) is 4.57. The summed E-state index contributed by atoms with van der Waals surface area (Å²) in [7, 11) is 0. The topological polar surface area (TPSA) is 76.6 Å². The lowest BCUT2D eigenvalue weighted by Gasteiger charge is -2.32. The van der Waals surface area contributed by atoms with Gasteiger partial charge < -0.3 is 19.7 Å². The van der Waals surface area contributed by atoms with E-state index >= 15 is 0 Å². The maximum atomic E-state index is 12.5. The van der Waals surface area contributed by atoms with Gasteiger partial charge in [-0.3, -0.25) is 4.79 Å². The first kappa shape index (κ1) is 23.5. The summed E-state index contributed by atoms with van der Waals surface area (Å²) in [4.78, 5) is 23.8. The van der Waals surface area contributed by atoms with Crippen LogP contribution in [0.15, 0.2) is 30.6 Å². The van der Waals surface area contributed by atoms with Crippen LogP contribution in [-0.2, 0) is 11.2 Å². The molecule has 1 atom stereocenters. The zero-order valence-corrected chi connectivity index (χ0v) is 19.9. The molecule has 0 spiro atoms. The molecule has 0 saturated carbocycles. The molecule has 1 aromatic carbocycles. The van der Waals surface area contributed by atoms with E-state index in [1.165, 1.54) is 24.8 Å². The summed E-state index contributed by atoms with van der Waals surface area (Å²) in [5.41, 5.74) is 2.82. The molecule has 2 aliphatic rings. The molecule has 0 bridgehead atoms. The quantitative estimate of drug-likeness (QED) is 0.581. The molecule has 0 aliphatic carbocycles. The monoisotopic (exact) mass is 452 g/mol. The smallest absolute Gasteiger partial charge is 0.251 e. The standard InChI is InChI=1S/C26H36N4O3/c1-3-20-16-27-26(28-17-20)30-11-8-21(9-12-30)5-4-13-33-23-6-7-24(19(2)15-23)25(31)29-22-10-14-32-18-22/h6-7,15-17,21-22H,3-5,8-14,18H2,1-2H3,(H,29,31). The van der Waals surface area contributed by atoms with Crippen molar-refractivity contribution in [2.75, 3.05) is 37.8 Å². The van der Waals surface area contributed by atoms with Crippen molar-refractivity contribution in [2.24, 2.45) is 5.92 Å². The number of ether oxygens (including phenoxy) is 2. The lowest BCUT2D eigenvalue weighted by molar-refractivity contribution is 0.0929. The van der Waals surface area contributed by atoms with Gasteiger partial charge in [-0.15, -0.1) is 0 Å². The van der Waals surface area contributed by atoms with Crippen LogP contribution < -0.4 is 15.0 Å². The van der Waals surface area contributed by atoms with Gasteiger partial charge in [-0.2, -0.15) is 0 Å². The summed E-state index contributed by atoms with van der Waals surface area (Å²) >= 11 is 0. The van der Waals surface area contributed by atoms with Crippen LogP contribution >= 0.6 is 0 Å². The first-order valence-electron chi connectivity index (χ1n) is 12.3. The summed E-state index contributed by atoms with van der Waals surface area (Å²) in [6, 6.07) is 5.84. The number of carbonyl (C=O) groups is 1. The second-order valence-electron chi connectivity index (χ2n) is 9.18. The van der Waals surface area contributed by atoms with Crippen molar-refractivity contribution >= 4 is 11.9 Å². The zero-order valence-electron chi connectivity index (χ0n) is 19.9. The number of nitrogens with one attached hydrogen (secondary N) is 1. The molecule has 4 rings (SSSR count). The van der Waals surface area contributed by atoms with E-state index in [1.54, 1.807) is 0 Å². The summed E-state index contributed by atoms with van der Waals surface area (Å²) in [6.07, 6.45) is 10.3. The Hall–Kier alpha value is -2.67. The van der Waals surface area contributed by atoms with Crippen molar-refractivity contribution in [2.45, 2.75) is 58.4 Å². The lowest BCUT2D eigenvalue weighted by atomic mass is 9.92. The van der Waals surface area contributed by atoms with Gasteiger partial charge in [0, 0.05) is 37.7 Å². The lowest BCUT2D eigenvalue weighted by Crippen LogP contribution is -2.35. The summed E-state index contributed by atoms with van der Waals surface area (Å²) in [5.74, 6) is 2.38. The maximum Gasteiger partial charge on any atom is 0.251 e. The summed E-state index contributed by atoms with van der Waals surface area (Å²) < 4.78 is 11.3. The van der Waals surface area contributed by atoms with E-state index in [0.29, 0.717) is 18.8 Å². The van der Waals surface area contributed by atoms with E-state index in [-0.39, 0.29) is 11.9 Å². The molecule has 3 heterocycles. The minimum Gasteiger partial charge on any atom is -0.494 e. The molecule has 2 saturated heterocycles. The maximum absolute atomic E-state index is 12.5. The van der Waals surface area contributed by atoms with Crippen molar-refractivity contribution < 1.29 is 14.3 Å². The van der Waals surface area contributed by atoms with E-state index < -0.39 is 0 Å². The highest BCUT2D eigenvalue weighted by atomic mass is 16.5. The highest BCUT2D eigenvalue weighted by Crippen LogP contribution is 2.25. The van der Waals surface area contributed by atoms with Gasteiger partial charge in [-0.1, -0.05) is 6.92 Å². The van der Waals surface area contributed by atoms with Crippen LogP contribution in [0.2, 0.25) is 0 Å². The predicted octanol–water partition coefficient (Wildman–Crippen LogP) is 3.94. The van der Waals surface area contributed by atoms with Gasteiger partial charge >= 0.3 is 0 Å². The van der Waals surface area contributed by atoms with Crippen LogP contribution in [0.25, 0.3) is 0 Å². The minimum atomic E-state index is -0.0346. The van der Waals surface area contributed by atoms with Crippen LogP contribution in [0.4, 0.5) is 5.95 Å². The molecule has 2 aromatic rings. The number of hydrogen-bond acceptors (Lipinski definition) is 6. The molecule has 1 unspecified atom stereocenters. The zero-order chi connectivity index (χ0) is 23.0. The first-order valence-corrected chi connectivity index (χ1v) is 12.3. The van der Waals surface area contributed by atoms with Crippen LogP contribution in [0.3, 0.4) is 0 Å². The number of aromatic nitrogens is 2. The van der Waals surface area contributed by atoms with E-state index in [1.807, 2.05) is 37.5 Å². The van der Waals surface area contributed by atoms with E-state index in [4.69, 9.17) is 9.47 Å². The van der Waals surface area contributed by atoms with Crippen molar-refractivity contribution in [3.63, 3.8) is 0 Å². The third-order valence-corrected chi connectivity index (χ3v) is 6.73. The molecular weight excluding hydrogens is 416 g/mol. The number of amides is 1. The van der Waals surface area contributed by atoms with E-state index in [0.717, 1.165) is 62.1 Å². The summed E-state index contributed by atoms with van der Waals surface area (Å²) in [6.45, 7) is 8.14. The van der Waals surface area contributed by atoms with Gasteiger partial charge in [0.2, 0.25) is 5.95 Å². The molecule has 1 amide bonds. The predicted molar refractivity (Wildman–Crippen MR) is 129 cm³/mol. The first-order chi connectivity index (χ1) is 16.1. The van der Waals surface area contributed by atoms with Crippen molar-refractivity contribution in [1.29, 1.82) is 0 Å². The molecule has 178 valence electrons. The summed E-state index contributed by atoms with van der Waals surface area (Å²) in [5, 5.41) is 3.05. The molecule has 2 aliphatic heterocycles. The highest BCUT2D eigenvalue weighted by Gasteiger charge is 2.21. The number of piperidine rings is 1. The second kappa shape index (κ2) is 11.5. The number of anilines is 1. The van der Waals surface area contributed by atoms with Gasteiger partial charge in [-0.25, -0.2) is 9.97 Å². The Kier molecular flexibility index (Phi) is 8.15. The number of nitrogens with zero attached hydrogens (tertiary/aromatic N) is 3. The van der Waals surface area contributed by atoms with Crippen LogP contribution in [0, 0.1) is 12.8 Å². The number of hydrogen-bond donors (Lipinski definition) is 1. The van der Waals surface area contributed by atoms with Crippen LogP contribution in [-0.4, -0.2) is 54.8 Å². The van der Waals surface area contributed by atoms with Crippen molar-refractivity contribution in [3.05, 3.63) is 47.3 Å². The second-order valence-corrected chi connectivity index (χ2v) is 9.18. The Bertz CT molecular complexity index is 904. The number of benzene rings is 1. The normalized spacial score (nSPS) is 19.0. The van der Waals surface area contributed by atoms with Gasteiger partial charge in [0.25, 0.3) is 5.91 Å². The van der Waals surface area contributed by atoms with Crippen molar-refractivity contribution in [1.82, 2.24) is 15.3 Å². The third kappa shape index (κ3) is 6.44. The Morgan fingerprint density at radius 3 is 2.67 bits per heavy atom. The molecule has 33 heavy (non-hydrogen) atoms. The Labute approximate surface area is 196 Å². The molecular formula is C26H36N4O3. The Balaban J connectivity index is 1.16. The minimum absolute atomic E-state index is 0.0346. The highest BCUT2D eigenvalue weighted by molar-refractivity contribution is 5.96. The number of rotatable bonds is 9. The van der Waals surface area contributed by atoms with Crippen molar-refractivity contribution in [3.8, 4) is 5.75 Å². The Morgan fingerprint density at radius 2 is 2.00 bits per heavy atom. The van der Waals surface area contributed by atoms with Gasteiger partial charge in [-0.05, 0) is 80.7 Å². The Morgan fingerprint density at radius 1 is 1.21 bits per heavy atom. The van der Waals surface area contributed by atoms with Crippen LogP contribution in [0.5, 0.6) is 5.75 Å². The number of carbonyl (C=O) groups excluding carboxylic acids is 1. The van der Waals surface area contributed by atoms with Gasteiger partial charge in [0.15, 0.2) is 0 Å².